The van der Waals surface area contributed by atoms with Crippen LogP contribution in [0.5, 0.6) is 0 Å². The SMILES string of the molecule is O=C(NCc1ccc(Cl)cc1Cl)/C(=C/c1ccco1)c1ccccc1. The van der Waals surface area contributed by atoms with Gasteiger partial charge in [0.15, 0.2) is 0 Å². The highest BCUT2D eigenvalue weighted by Gasteiger charge is 2.13. The summed E-state index contributed by atoms with van der Waals surface area (Å²) in [5, 5.41) is 3.97. The van der Waals surface area contributed by atoms with Crippen molar-refractivity contribution >= 4 is 40.8 Å². The second-order valence-electron chi connectivity index (χ2n) is 5.36. The zero-order valence-electron chi connectivity index (χ0n) is 13.2. The summed E-state index contributed by atoms with van der Waals surface area (Å²) in [5.41, 5.74) is 2.11. The Hall–Kier alpha value is -2.49. The van der Waals surface area contributed by atoms with Crippen molar-refractivity contribution in [2.24, 2.45) is 0 Å². The van der Waals surface area contributed by atoms with Gasteiger partial charge in [-0.15, -0.1) is 0 Å². The van der Waals surface area contributed by atoms with E-state index in [-0.39, 0.29) is 5.91 Å². The molecule has 0 aliphatic carbocycles. The Morgan fingerprint density at radius 3 is 2.52 bits per heavy atom. The highest BCUT2D eigenvalue weighted by atomic mass is 35.5. The summed E-state index contributed by atoms with van der Waals surface area (Å²) < 4.78 is 5.34. The molecule has 1 heterocycles. The molecule has 0 saturated carbocycles. The molecule has 0 bridgehead atoms. The quantitative estimate of drug-likeness (QED) is 0.606. The molecule has 25 heavy (non-hydrogen) atoms. The first-order valence-corrected chi connectivity index (χ1v) is 8.42. The average Bonchev–Trinajstić information content (AvgIpc) is 3.13. The molecule has 1 N–H and O–H groups in total. The summed E-state index contributed by atoms with van der Waals surface area (Å²) in [4.78, 5) is 12.7. The van der Waals surface area contributed by atoms with Crippen LogP contribution in [-0.2, 0) is 11.3 Å². The molecule has 0 fully saturated rings. The van der Waals surface area contributed by atoms with E-state index in [9.17, 15) is 4.79 Å². The standard InChI is InChI=1S/C20H15Cl2NO2/c21-16-9-8-15(19(22)11-16)13-23-20(24)18(12-17-7-4-10-25-17)14-5-2-1-3-6-14/h1-12H,13H2,(H,23,24)/b18-12+. The number of benzene rings is 2. The second kappa shape index (κ2) is 8.06. The maximum atomic E-state index is 12.7. The smallest absolute Gasteiger partial charge is 0.252 e. The van der Waals surface area contributed by atoms with Crippen molar-refractivity contribution in [3.63, 3.8) is 0 Å². The molecule has 0 spiro atoms. The average molecular weight is 372 g/mol. The van der Waals surface area contributed by atoms with Crippen LogP contribution in [0.25, 0.3) is 11.6 Å². The maximum Gasteiger partial charge on any atom is 0.252 e. The first-order valence-electron chi connectivity index (χ1n) is 7.66. The molecule has 0 aliphatic heterocycles. The van der Waals surface area contributed by atoms with E-state index in [0.29, 0.717) is 27.9 Å². The van der Waals surface area contributed by atoms with E-state index in [1.165, 1.54) is 0 Å². The van der Waals surface area contributed by atoms with Crippen LogP contribution in [0.2, 0.25) is 10.0 Å². The fourth-order valence-electron chi connectivity index (χ4n) is 2.35. The van der Waals surface area contributed by atoms with Gasteiger partial charge in [0, 0.05) is 16.6 Å². The molecule has 3 rings (SSSR count). The molecule has 0 aliphatic rings. The highest BCUT2D eigenvalue weighted by Crippen LogP contribution is 2.22. The van der Waals surface area contributed by atoms with Gasteiger partial charge in [-0.1, -0.05) is 59.6 Å². The van der Waals surface area contributed by atoms with Crippen LogP contribution in [0, 0.1) is 0 Å². The van der Waals surface area contributed by atoms with E-state index in [2.05, 4.69) is 5.32 Å². The topological polar surface area (TPSA) is 42.2 Å². The van der Waals surface area contributed by atoms with Crippen LogP contribution in [0.15, 0.2) is 71.3 Å². The molecule has 1 amide bonds. The van der Waals surface area contributed by atoms with Crippen LogP contribution in [0.3, 0.4) is 0 Å². The van der Waals surface area contributed by atoms with Gasteiger partial charge in [0.05, 0.1) is 11.8 Å². The van der Waals surface area contributed by atoms with Crippen molar-refractivity contribution in [1.29, 1.82) is 0 Å². The number of carbonyl (C=O) groups is 1. The molecule has 126 valence electrons. The van der Waals surface area contributed by atoms with Crippen LogP contribution < -0.4 is 5.32 Å². The number of halogens is 2. The first kappa shape index (κ1) is 17.3. The van der Waals surface area contributed by atoms with E-state index in [1.807, 2.05) is 30.3 Å². The van der Waals surface area contributed by atoms with Crippen LogP contribution in [0.1, 0.15) is 16.9 Å². The number of hydrogen-bond acceptors (Lipinski definition) is 2. The summed E-state index contributed by atoms with van der Waals surface area (Å²) in [7, 11) is 0. The summed E-state index contributed by atoms with van der Waals surface area (Å²) in [6.45, 7) is 0.303. The Kier molecular flexibility index (Phi) is 5.59. The number of nitrogens with one attached hydrogen (secondary N) is 1. The van der Waals surface area contributed by atoms with Gasteiger partial charge in [-0.3, -0.25) is 4.79 Å². The van der Waals surface area contributed by atoms with E-state index in [0.717, 1.165) is 11.1 Å². The molecule has 0 atom stereocenters. The molecular formula is C20H15Cl2NO2. The number of carbonyl (C=O) groups excluding carboxylic acids is 1. The number of furan rings is 1. The number of hydrogen-bond donors (Lipinski definition) is 1. The van der Waals surface area contributed by atoms with Crippen molar-refractivity contribution in [3.05, 3.63) is 93.9 Å². The second-order valence-corrected chi connectivity index (χ2v) is 6.20. The van der Waals surface area contributed by atoms with Crippen molar-refractivity contribution in [1.82, 2.24) is 5.32 Å². The van der Waals surface area contributed by atoms with Gasteiger partial charge in [-0.05, 0) is 41.5 Å². The van der Waals surface area contributed by atoms with Gasteiger partial charge in [0.25, 0.3) is 5.91 Å². The zero-order chi connectivity index (χ0) is 17.6. The van der Waals surface area contributed by atoms with Crippen molar-refractivity contribution < 1.29 is 9.21 Å². The van der Waals surface area contributed by atoms with Crippen LogP contribution in [-0.4, -0.2) is 5.91 Å². The summed E-state index contributed by atoms with van der Waals surface area (Å²) in [6.07, 6.45) is 3.29. The summed E-state index contributed by atoms with van der Waals surface area (Å²) in [5.74, 6) is 0.396. The highest BCUT2D eigenvalue weighted by molar-refractivity contribution is 6.35. The first-order chi connectivity index (χ1) is 12.1. The molecule has 2 aromatic carbocycles. The fraction of sp³-hybridized carbons (Fsp3) is 0.0500. The minimum atomic E-state index is -0.214. The van der Waals surface area contributed by atoms with Gasteiger partial charge < -0.3 is 9.73 Å². The molecule has 3 nitrogen and oxygen atoms in total. The van der Waals surface area contributed by atoms with E-state index in [1.54, 1.807) is 42.7 Å². The van der Waals surface area contributed by atoms with E-state index < -0.39 is 0 Å². The zero-order valence-corrected chi connectivity index (χ0v) is 14.7. The third kappa shape index (κ3) is 4.53. The van der Waals surface area contributed by atoms with Crippen molar-refractivity contribution in [3.8, 4) is 0 Å². The maximum absolute atomic E-state index is 12.7. The predicted molar refractivity (Wildman–Crippen MR) is 101 cm³/mol. The van der Waals surface area contributed by atoms with Crippen LogP contribution >= 0.6 is 23.2 Å². The van der Waals surface area contributed by atoms with Crippen molar-refractivity contribution in [2.75, 3.05) is 0 Å². The lowest BCUT2D eigenvalue weighted by atomic mass is 10.0. The third-order valence-corrected chi connectivity index (χ3v) is 4.20. The lowest BCUT2D eigenvalue weighted by Crippen LogP contribution is -2.24. The monoisotopic (exact) mass is 371 g/mol. The number of amides is 1. The minimum Gasteiger partial charge on any atom is -0.465 e. The molecule has 0 radical (unpaired) electrons. The van der Waals surface area contributed by atoms with Crippen molar-refractivity contribution in [2.45, 2.75) is 6.54 Å². The fourth-order valence-corrected chi connectivity index (χ4v) is 2.82. The Labute approximate surface area is 155 Å². The molecular weight excluding hydrogens is 357 g/mol. The lowest BCUT2D eigenvalue weighted by molar-refractivity contribution is -0.115. The molecule has 5 heteroatoms. The molecule has 0 unspecified atom stereocenters. The molecule has 0 saturated heterocycles. The Balaban J connectivity index is 1.82. The van der Waals surface area contributed by atoms with Gasteiger partial charge in [0.2, 0.25) is 0 Å². The largest absolute Gasteiger partial charge is 0.465 e. The van der Waals surface area contributed by atoms with E-state index >= 15 is 0 Å². The van der Waals surface area contributed by atoms with Gasteiger partial charge in [-0.2, -0.15) is 0 Å². The summed E-state index contributed by atoms with van der Waals surface area (Å²) >= 11 is 12.1. The Bertz CT molecular complexity index is 887. The Morgan fingerprint density at radius 2 is 1.84 bits per heavy atom. The lowest BCUT2D eigenvalue weighted by Gasteiger charge is -2.10. The minimum absolute atomic E-state index is 0.214. The van der Waals surface area contributed by atoms with Gasteiger partial charge in [-0.25, -0.2) is 0 Å². The molecule has 3 aromatic rings. The van der Waals surface area contributed by atoms with E-state index in [4.69, 9.17) is 27.6 Å². The predicted octanol–water partition coefficient (Wildman–Crippen LogP) is 5.44. The van der Waals surface area contributed by atoms with Crippen LogP contribution in [0.4, 0.5) is 0 Å². The number of rotatable bonds is 5. The molecule has 1 aromatic heterocycles. The normalized spacial score (nSPS) is 11.4. The Morgan fingerprint density at radius 1 is 1.04 bits per heavy atom. The third-order valence-electron chi connectivity index (χ3n) is 3.61. The van der Waals surface area contributed by atoms with Gasteiger partial charge >= 0.3 is 0 Å². The summed E-state index contributed by atoms with van der Waals surface area (Å²) in [6, 6.07) is 18.2. The van der Waals surface area contributed by atoms with Gasteiger partial charge in [0.1, 0.15) is 5.76 Å².